The molecule has 0 saturated heterocycles. The molecule has 3 aromatic rings. The van der Waals surface area contributed by atoms with Crippen molar-refractivity contribution < 1.29 is 14.6 Å². The van der Waals surface area contributed by atoms with Crippen molar-refractivity contribution in [1.29, 1.82) is 0 Å². The van der Waals surface area contributed by atoms with Crippen LogP contribution in [0, 0.1) is 0 Å². The zero-order valence-electron chi connectivity index (χ0n) is 16.9. The Morgan fingerprint density at radius 3 is 2.07 bits per heavy atom. The molecule has 148 valence electrons. The van der Waals surface area contributed by atoms with Gasteiger partial charge in [0.2, 0.25) is 0 Å². The lowest BCUT2D eigenvalue weighted by Crippen LogP contribution is -2.36. The van der Waals surface area contributed by atoms with E-state index in [-0.39, 0.29) is 16.4 Å². The van der Waals surface area contributed by atoms with E-state index in [2.05, 4.69) is 74.0 Å². The molecule has 0 amide bonds. The molecular weight excluding hydrogens is 428 g/mol. The first-order valence-electron chi connectivity index (χ1n) is 9.58. The van der Waals surface area contributed by atoms with Gasteiger partial charge in [-0.3, -0.25) is 0 Å². The van der Waals surface area contributed by atoms with Crippen molar-refractivity contribution in [3.63, 3.8) is 0 Å². The van der Waals surface area contributed by atoms with E-state index in [1.54, 1.807) is 24.3 Å². The van der Waals surface area contributed by atoms with Crippen LogP contribution in [0.2, 0.25) is 0 Å². The number of hydrogen-bond acceptors (Lipinski definition) is 2. The van der Waals surface area contributed by atoms with E-state index < -0.39 is 5.97 Å². The highest BCUT2D eigenvalue weighted by Crippen LogP contribution is 2.51. The lowest BCUT2D eigenvalue weighted by atomic mass is 9.60. The first kappa shape index (κ1) is 19.7. The number of hydrogen-bond donors (Lipinski definition) is 1. The van der Waals surface area contributed by atoms with Crippen LogP contribution in [0.25, 0.3) is 0 Å². The Morgan fingerprint density at radius 1 is 0.828 bits per heavy atom. The third-order valence-corrected chi connectivity index (χ3v) is 6.50. The van der Waals surface area contributed by atoms with Crippen LogP contribution in [0.1, 0.15) is 60.3 Å². The number of fused-ring (bicyclic) bond motifs is 2. The summed E-state index contributed by atoms with van der Waals surface area (Å²) < 4.78 is 7.09. The molecule has 3 nitrogen and oxygen atoms in total. The number of aromatic carboxylic acids is 1. The van der Waals surface area contributed by atoms with Crippen LogP contribution in [-0.2, 0) is 10.8 Å². The van der Waals surface area contributed by atoms with Gasteiger partial charge < -0.3 is 9.84 Å². The Balaban J connectivity index is 1.84. The monoisotopic (exact) mass is 450 g/mol. The van der Waals surface area contributed by atoms with E-state index >= 15 is 0 Å². The molecule has 29 heavy (non-hydrogen) atoms. The van der Waals surface area contributed by atoms with Gasteiger partial charge in [-0.05, 0) is 58.7 Å². The quantitative estimate of drug-likeness (QED) is 0.471. The van der Waals surface area contributed by atoms with E-state index in [4.69, 9.17) is 4.74 Å². The highest BCUT2D eigenvalue weighted by molar-refractivity contribution is 9.10. The average Bonchev–Trinajstić information content (AvgIpc) is 2.67. The molecule has 0 spiro atoms. The fraction of sp³-hybridized carbons (Fsp3) is 0.240. The van der Waals surface area contributed by atoms with Gasteiger partial charge in [-0.2, -0.15) is 0 Å². The van der Waals surface area contributed by atoms with Crippen LogP contribution < -0.4 is 4.74 Å². The minimum Gasteiger partial charge on any atom is -0.478 e. The number of carboxylic acid groups (broad SMARTS) is 1. The molecule has 1 aliphatic carbocycles. The van der Waals surface area contributed by atoms with Crippen molar-refractivity contribution in [2.24, 2.45) is 0 Å². The van der Waals surface area contributed by atoms with Crippen LogP contribution >= 0.6 is 15.9 Å². The molecule has 0 radical (unpaired) electrons. The van der Waals surface area contributed by atoms with Crippen molar-refractivity contribution in [3.8, 4) is 11.5 Å². The summed E-state index contributed by atoms with van der Waals surface area (Å²) in [6.45, 7) is 8.94. The number of halogens is 1. The second kappa shape index (κ2) is 6.74. The molecular formula is C25H23BrO3. The molecule has 3 aromatic carbocycles. The van der Waals surface area contributed by atoms with Gasteiger partial charge in [0.25, 0.3) is 0 Å². The third kappa shape index (κ3) is 3.16. The van der Waals surface area contributed by atoms with Gasteiger partial charge in [0.1, 0.15) is 17.1 Å². The molecule has 4 heteroatoms. The molecule has 1 N–H and O–H groups in total. The predicted octanol–water partition coefficient (Wildman–Crippen LogP) is 6.90. The molecule has 0 atom stereocenters. The van der Waals surface area contributed by atoms with Gasteiger partial charge in [0.15, 0.2) is 0 Å². The van der Waals surface area contributed by atoms with Crippen molar-refractivity contribution in [2.45, 2.75) is 38.5 Å². The summed E-state index contributed by atoms with van der Waals surface area (Å²) in [7, 11) is 0. The Kier molecular flexibility index (Phi) is 4.58. The molecule has 0 aliphatic heterocycles. The maximum atomic E-state index is 11.5. The molecule has 4 rings (SSSR count). The number of para-hydroxylation sites is 1. The first-order chi connectivity index (χ1) is 13.6. The summed E-state index contributed by atoms with van der Waals surface area (Å²) in [5.74, 6) is -0.0152. The van der Waals surface area contributed by atoms with Crippen LogP contribution in [0.4, 0.5) is 0 Å². The van der Waals surface area contributed by atoms with Gasteiger partial charge in [0, 0.05) is 15.3 Å². The van der Waals surface area contributed by atoms with Crippen LogP contribution in [-0.4, -0.2) is 11.1 Å². The highest BCUT2D eigenvalue weighted by atomic mass is 79.9. The van der Waals surface area contributed by atoms with E-state index in [1.165, 1.54) is 22.3 Å². The maximum absolute atomic E-state index is 11.5. The smallest absolute Gasteiger partial charge is 0.339 e. The van der Waals surface area contributed by atoms with Crippen LogP contribution in [0.15, 0.2) is 65.1 Å². The molecule has 0 heterocycles. The summed E-state index contributed by atoms with van der Waals surface area (Å²) in [5, 5.41) is 9.44. The van der Waals surface area contributed by atoms with E-state index in [0.29, 0.717) is 11.5 Å². The predicted molar refractivity (Wildman–Crippen MR) is 118 cm³/mol. The topological polar surface area (TPSA) is 46.5 Å². The summed E-state index contributed by atoms with van der Waals surface area (Å²) in [5.41, 5.74) is 4.86. The van der Waals surface area contributed by atoms with Gasteiger partial charge in [0.05, 0.1) is 0 Å². The second-order valence-corrected chi connectivity index (χ2v) is 9.47. The Labute approximate surface area is 179 Å². The molecule has 1 aliphatic rings. The Bertz CT molecular complexity index is 1130. The van der Waals surface area contributed by atoms with Crippen molar-refractivity contribution in [2.75, 3.05) is 0 Å². The second-order valence-electron chi connectivity index (χ2n) is 8.55. The third-order valence-electron chi connectivity index (χ3n) is 6.01. The first-order valence-corrected chi connectivity index (χ1v) is 10.4. The Hall–Kier alpha value is -2.59. The summed E-state index contributed by atoms with van der Waals surface area (Å²) >= 11 is 3.62. The molecule has 0 unspecified atom stereocenters. The zero-order chi connectivity index (χ0) is 21.0. The average molecular weight is 451 g/mol. The fourth-order valence-electron chi connectivity index (χ4n) is 4.38. The van der Waals surface area contributed by atoms with Gasteiger partial charge >= 0.3 is 5.97 Å². The number of carbonyl (C=O) groups is 1. The molecule has 0 bridgehead atoms. The minimum atomic E-state index is -1.00. The molecule has 0 fully saturated rings. The van der Waals surface area contributed by atoms with E-state index in [9.17, 15) is 9.90 Å². The lowest BCUT2D eigenvalue weighted by Gasteiger charge is -2.44. The number of ether oxygens (including phenoxy) is 1. The maximum Gasteiger partial charge on any atom is 0.339 e. The normalized spacial score (nSPS) is 15.9. The minimum absolute atomic E-state index is 0.151. The summed E-state index contributed by atoms with van der Waals surface area (Å²) in [6.07, 6.45) is 0. The molecule has 0 aromatic heterocycles. The van der Waals surface area contributed by atoms with Crippen molar-refractivity contribution in [1.82, 2.24) is 0 Å². The molecule has 0 saturated carbocycles. The Morgan fingerprint density at radius 2 is 1.41 bits per heavy atom. The van der Waals surface area contributed by atoms with E-state index in [0.717, 1.165) is 4.47 Å². The standard InChI is InChI=1S/C25H23BrO3/c1-24(2)19-12-10-16(29-22-8-6-5-7-17(22)23(27)28)14-21(19)25(3,4)18-11-9-15(26)13-20(18)24/h5-14H,1-4H3,(H,27,28). The zero-order valence-corrected chi connectivity index (χ0v) is 18.5. The van der Waals surface area contributed by atoms with Crippen molar-refractivity contribution >= 4 is 21.9 Å². The highest BCUT2D eigenvalue weighted by Gasteiger charge is 2.41. The SMILES string of the molecule is CC1(C)c2ccc(Oc3ccccc3C(=O)O)cc2C(C)(C)c2ccc(Br)cc21. The van der Waals surface area contributed by atoms with Gasteiger partial charge in [-0.15, -0.1) is 0 Å². The van der Waals surface area contributed by atoms with E-state index in [1.807, 2.05) is 6.07 Å². The number of rotatable bonds is 3. The largest absolute Gasteiger partial charge is 0.478 e. The number of carboxylic acids is 1. The van der Waals surface area contributed by atoms with Crippen molar-refractivity contribution in [3.05, 3.63) is 93.0 Å². The lowest BCUT2D eigenvalue weighted by molar-refractivity contribution is 0.0694. The summed E-state index contributed by atoms with van der Waals surface area (Å²) in [6, 6.07) is 19.3. The number of benzene rings is 3. The van der Waals surface area contributed by atoms with Crippen LogP contribution in [0.5, 0.6) is 11.5 Å². The van der Waals surface area contributed by atoms with Gasteiger partial charge in [-0.1, -0.05) is 67.9 Å². The summed E-state index contributed by atoms with van der Waals surface area (Å²) in [4.78, 5) is 11.5. The van der Waals surface area contributed by atoms with Gasteiger partial charge in [-0.25, -0.2) is 4.79 Å². The fourth-order valence-corrected chi connectivity index (χ4v) is 4.74. The van der Waals surface area contributed by atoms with Crippen LogP contribution in [0.3, 0.4) is 0 Å².